The van der Waals surface area contributed by atoms with Gasteiger partial charge in [-0.1, -0.05) is 0 Å². The molecule has 0 fully saturated rings. The number of benzene rings is 2. The molecule has 2 N–H and O–H groups in total. The van der Waals surface area contributed by atoms with Crippen molar-refractivity contribution < 1.29 is 51.0 Å². The molecule has 0 spiro atoms. The van der Waals surface area contributed by atoms with Crippen molar-refractivity contribution in [1.29, 1.82) is 0 Å². The fraction of sp³-hybridized carbons (Fsp3) is 0.231. The van der Waals surface area contributed by atoms with Crippen LogP contribution in [0.25, 0.3) is 0 Å². The summed E-state index contributed by atoms with van der Waals surface area (Å²) in [5, 5.41) is 0. The molecule has 2 aromatic rings. The molecule has 0 heterocycles. The van der Waals surface area contributed by atoms with E-state index >= 15 is 17.6 Å². The van der Waals surface area contributed by atoms with E-state index in [2.05, 4.69) is 9.44 Å². The van der Waals surface area contributed by atoms with E-state index in [-0.39, 0.29) is 0 Å². The second-order valence-corrected chi connectivity index (χ2v) is 19.4. The van der Waals surface area contributed by atoms with Gasteiger partial charge in [-0.15, -0.1) is 0 Å². The number of allylic oxidation sites excluding steroid dienone is 8. The van der Waals surface area contributed by atoms with Gasteiger partial charge in [0.05, 0.1) is 0 Å². The van der Waals surface area contributed by atoms with E-state index in [4.69, 9.17) is 0 Å². The molecule has 208 valence electrons. The summed E-state index contributed by atoms with van der Waals surface area (Å²) in [7, 11) is -7.98. The summed E-state index contributed by atoms with van der Waals surface area (Å²) >= 11 is -5.19. The average Bonchev–Trinajstić information content (AvgIpc) is 3.62. The summed E-state index contributed by atoms with van der Waals surface area (Å²) in [6.45, 7) is 2.67. The number of halogens is 4. The minimum absolute atomic E-state index is 0.392. The Morgan fingerprint density at radius 3 is 1.28 bits per heavy atom. The zero-order valence-electron chi connectivity index (χ0n) is 21.0. The SMILES string of the molecule is CCS(=O)(=O)Nc1ccc(F)[c]([Ti]([c]2c(F)ccc(NS(=O)(=O)CC)c2F)([CH]2C=CC=C2)[CH]2C=CC=C2)c1F. The van der Waals surface area contributed by atoms with Crippen LogP contribution in [0.5, 0.6) is 0 Å². The third kappa shape index (κ3) is 5.39. The number of rotatable bonds is 10. The van der Waals surface area contributed by atoms with E-state index in [9.17, 15) is 16.8 Å². The molecule has 0 amide bonds. The van der Waals surface area contributed by atoms with Crippen LogP contribution in [0.4, 0.5) is 28.9 Å². The topological polar surface area (TPSA) is 92.3 Å². The van der Waals surface area contributed by atoms with Gasteiger partial charge in [-0.2, -0.15) is 0 Å². The number of sulfonamides is 2. The van der Waals surface area contributed by atoms with Gasteiger partial charge < -0.3 is 0 Å². The van der Waals surface area contributed by atoms with E-state index in [1.807, 2.05) is 0 Å². The first-order valence-electron chi connectivity index (χ1n) is 12.1. The first-order chi connectivity index (χ1) is 18.4. The minimum atomic E-state index is -5.19. The Bertz CT molecular complexity index is 1490. The second-order valence-electron chi connectivity index (χ2n) is 9.04. The molecular formula is C26H26F4N2O4S2Ti. The number of anilines is 2. The predicted molar refractivity (Wildman–Crippen MR) is 142 cm³/mol. The average molecular weight is 618 g/mol. The predicted octanol–water partition coefficient (Wildman–Crippen LogP) is 4.70. The monoisotopic (exact) mass is 618 g/mol. The van der Waals surface area contributed by atoms with Gasteiger partial charge >= 0.3 is 230 Å². The molecule has 0 bridgehead atoms. The molecule has 0 unspecified atom stereocenters. The third-order valence-corrected chi connectivity index (χ3v) is 17.9. The van der Waals surface area contributed by atoms with Gasteiger partial charge in [0.15, 0.2) is 0 Å². The van der Waals surface area contributed by atoms with Crippen LogP contribution < -0.4 is 17.2 Å². The quantitative estimate of drug-likeness (QED) is 0.299. The zero-order valence-corrected chi connectivity index (χ0v) is 24.2. The van der Waals surface area contributed by atoms with Gasteiger partial charge in [0.2, 0.25) is 0 Å². The van der Waals surface area contributed by atoms with E-state index in [0.717, 1.165) is 24.3 Å². The van der Waals surface area contributed by atoms with Crippen molar-refractivity contribution in [1.82, 2.24) is 0 Å². The Kier molecular flexibility index (Phi) is 8.32. The van der Waals surface area contributed by atoms with Crippen molar-refractivity contribution in [3.05, 3.63) is 96.1 Å². The van der Waals surface area contributed by atoms with Gasteiger partial charge in [-0.25, -0.2) is 0 Å². The van der Waals surface area contributed by atoms with E-state index in [1.54, 1.807) is 48.6 Å². The van der Waals surface area contributed by atoms with E-state index in [1.165, 1.54) is 13.8 Å². The molecule has 0 radical (unpaired) electrons. The molecule has 6 nitrogen and oxygen atoms in total. The summed E-state index contributed by atoms with van der Waals surface area (Å²) in [4.78, 5) is 0. The fourth-order valence-electron chi connectivity index (χ4n) is 4.99. The molecule has 2 aromatic carbocycles. The van der Waals surface area contributed by atoms with Crippen LogP contribution >= 0.6 is 0 Å². The molecule has 0 atom stereocenters. The van der Waals surface area contributed by atoms with Gasteiger partial charge in [0.1, 0.15) is 0 Å². The van der Waals surface area contributed by atoms with Crippen LogP contribution in [0.3, 0.4) is 0 Å². The van der Waals surface area contributed by atoms with Crippen LogP contribution in [-0.4, -0.2) is 28.3 Å². The molecule has 2 aliphatic carbocycles. The van der Waals surface area contributed by atoms with Crippen LogP contribution in [0.15, 0.2) is 72.9 Å². The van der Waals surface area contributed by atoms with E-state index in [0.29, 0.717) is 0 Å². The summed E-state index contributed by atoms with van der Waals surface area (Å²) in [6.07, 6.45) is 12.8. The Morgan fingerprint density at radius 2 is 0.974 bits per heavy atom. The Hall–Kier alpha value is -2.67. The standard InChI is InChI=1S/2C8H8F2NO2S.2C5H5.Ti/c2*1-2-14(12,13)11-8-4-3-6(9)5-7(8)10;2*1-2-4-5-3-1;/h2*3-4,11H,2H2,1H3;2*1-5H;. The van der Waals surface area contributed by atoms with Gasteiger partial charge in [0.25, 0.3) is 0 Å². The number of nitrogens with one attached hydrogen (secondary N) is 2. The number of hydrogen-bond donors (Lipinski definition) is 2. The summed E-state index contributed by atoms with van der Waals surface area (Å²) < 4.78 is 115. The number of hydrogen-bond acceptors (Lipinski definition) is 4. The molecule has 4 rings (SSSR count). The Labute approximate surface area is 228 Å². The first kappa shape index (κ1) is 29.3. The summed E-state index contributed by atoms with van der Waals surface area (Å²) in [6, 6.07) is 3.59. The molecular weight excluding hydrogens is 592 g/mol. The van der Waals surface area contributed by atoms with Crippen molar-refractivity contribution in [3.63, 3.8) is 0 Å². The first-order valence-corrected chi connectivity index (χ1v) is 18.7. The third-order valence-electron chi connectivity index (χ3n) is 6.85. The van der Waals surface area contributed by atoms with Crippen molar-refractivity contribution >= 4 is 39.2 Å². The molecule has 0 saturated carbocycles. The van der Waals surface area contributed by atoms with Crippen molar-refractivity contribution in [2.45, 2.75) is 22.3 Å². The molecule has 0 saturated heterocycles. The van der Waals surface area contributed by atoms with Crippen LogP contribution in [-0.2, 0) is 36.6 Å². The van der Waals surface area contributed by atoms with Gasteiger partial charge in [-0.05, 0) is 0 Å². The maximum atomic E-state index is 16.4. The van der Waals surface area contributed by atoms with E-state index < -0.39 is 99.0 Å². The Balaban J connectivity index is 2.15. The van der Waals surface area contributed by atoms with Crippen LogP contribution in [0.2, 0.25) is 8.45 Å². The molecule has 0 aliphatic heterocycles. The van der Waals surface area contributed by atoms with Crippen molar-refractivity contribution in [2.24, 2.45) is 0 Å². The summed E-state index contributed by atoms with van der Waals surface area (Å²) in [5.74, 6) is -5.51. The summed E-state index contributed by atoms with van der Waals surface area (Å²) in [5.41, 5.74) is -1.10. The Morgan fingerprint density at radius 1 is 0.641 bits per heavy atom. The maximum absolute atomic E-state index is 16.4. The van der Waals surface area contributed by atoms with Gasteiger partial charge in [-0.3, -0.25) is 0 Å². The van der Waals surface area contributed by atoms with Crippen LogP contribution in [0.1, 0.15) is 13.8 Å². The molecule has 39 heavy (non-hydrogen) atoms. The molecule has 13 heteroatoms. The van der Waals surface area contributed by atoms with Crippen molar-refractivity contribution in [3.8, 4) is 0 Å². The molecule has 0 aromatic heterocycles. The second kappa shape index (κ2) is 11.1. The zero-order chi connectivity index (χ0) is 28.6. The van der Waals surface area contributed by atoms with Crippen molar-refractivity contribution in [2.75, 3.05) is 20.9 Å². The normalized spacial score (nSPS) is 15.9. The molecule has 2 aliphatic rings. The van der Waals surface area contributed by atoms with Crippen LogP contribution in [0, 0.1) is 23.3 Å². The van der Waals surface area contributed by atoms with Gasteiger partial charge in [0, 0.05) is 0 Å². The fourth-order valence-corrected chi connectivity index (χ4v) is 15.1.